The molecule has 0 unspecified atom stereocenters. The third-order valence-electron chi connectivity index (χ3n) is 7.43. The van der Waals surface area contributed by atoms with Crippen LogP contribution in [0.15, 0.2) is 18.2 Å². The van der Waals surface area contributed by atoms with E-state index in [1.165, 1.54) is 16.7 Å². The van der Waals surface area contributed by atoms with Gasteiger partial charge < -0.3 is 15.5 Å². The molecule has 1 aromatic rings. The molecule has 2 N–H and O–H groups in total. The molecule has 0 spiro atoms. The van der Waals surface area contributed by atoms with Crippen LogP contribution in [0.4, 0.5) is 0 Å². The largest absolute Gasteiger partial charge is 0.330 e. The highest BCUT2D eigenvalue weighted by atomic mass is 16.2. The van der Waals surface area contributed by atoms with E-state index in [0.717, 1.165) is 38.6 Å². The number of piperazine rings is 1. The molecule has 3 fully saturated rings. The third-order valence-corrected chi connectivity index (χ3v) is 7.43. The maximum atomic E-state index is 13.3. The number of aryl methyl sites for hydroxylation is 2. The summed E-state index contributed by atoms with van der Waals surface area (Å²) in [4.78, 5) is 31.8. The molecule has 3 heterocycles. The molecular weight excluding hydrogens is 378 g/mol. The van der Waals surface area contributed by atoms with Gasteiger partial charge in [0.05, 0.1) is 24.2 Å². The second kappa shape index (κ2) is 7.36. The Kier molecular flexibility index (Phi) is 4.79. The lowest BCUT2D eigenvalue weighted by Gasteiger charge is -2.38. The lowest BCUT2D eigenvalue weighted by molar-refractivity contribution is -0.141. The van der Waals surface area contributed by atoms with Crippen molar-refractivity contribution in [1.82, 2.24) is 14.7 Å². The maximum absolute atomic E-state index is 13.3. The summed E-state index contributed by atoms with van der Waals surface area (Å²) in [7, 11) is 0. The average Bonchev–Trinajstić information content (AvgIpc) is 3.49. The summed E-state index contributed by atoms with van der Waals surface area (Å²) >= 11 is 0. The van der Waals surface area contributed by atoms with E-state index < -0.39 is 6.04 Å². The van der Waals surface area contributed by atoms with E-state index in [0.29, 0.717) is 13.1 Å². The van der Waals surface area contributed by atoms with Crippen LogP contribution in [-0.2, 0) is 16.0 Å². The van der Waals surface area contributed by atoms with Crippen LogP contribution in [0.5, 0.6) is 0 Å². The van der Waals surface area contributed by atoms with Gasteiger partial charge in [-0.25, -0.2) is 0 Å². The van der Waals surface area contributed by atoms with Crippen molar-refractivity contribution in [2.45, 2.75) is 69.2 Å². The molecular formula is C23H29N5O2. The maximum Gasteiger partial charge on any atom is 0.241 e. The minimum Gasteiger partial charge on any atom is -0.330 e. The first-order valence-electron chi connectivity index (χ1n) is 11.1. The van der Waals surface area contributed by atoms with E-state index >= 15 is 0 Å². The van der Waals surface area contributed by atoms with Gasteiger partial charge in [-0.15, -0.1) is 0 Å². The van der Waals surface area contributed by atoms with Crippen LogP contribution in [-0.4, -0.2) is 70.3 Å². The molecule has 0 aromatic heterocycles. The van der Waals surface area contributed by atoms with Gasteiger partial charge in [0, 0.05) is 25.7 Å². The zero-order chi connectivity index (χ0) is 21.0. The number of carbonyl (C=O) groups is 2. The molecule has 1 aliphatic carbocycles. The zero-order valence-electron chi connectivity index (χ0n) is 17.5. The van der Waals surface area contributed by atoms with Gasteiger partial charge in [-0.05, 0) is 50.2 Å². The van der Waals surface area contributed by atoms with E-state index in [1.807, 2.05) is 0 Å². The Morgan fingerprint density at radius 3 is 2.93 bits per heavy atom. The van der Waals surface area contributed by atoms with Gasteiger partial charge in [-0.2, -0.15) is 5.26 Å². The lowest BCUT2D eigenvalue weighted by atomic mass is 10.0. The lowest BCUT2D eigenvalue weighted by Crippen LogP contribution is -2.56. The second-order valence-corrected chi connectivity index (χ2v) is 9.29. The predicted octanol–water partition coefficient (Wildman–Crippen LogP) is 1.11. The number of fused-ring (bicyclic) bond motifs is 3. The number of rotatable bonds is 4. The molecule has 3 aliphatic heterocycles. The van der Waals surface area contributed by atoms with Crippen LogP contribution in [0.2, 0.25) is 0 Å². The van der Waals surface area contributed by atoms with Crippen molar-refractivity contribution < 1.29 is 9.59 Å². The normalized spacial score (nSPS) is 31.3. The van der Waals surface area contributed by atoms with Gasteiger partial charge in [0.25, 0.3) is 0 Å². The Labute approximate surface area is 177 Å². The molecule has 1 aromatic carbocycles. The molecule has 0 saturated carbocycles. The number of nitrogens with two attached hydrogens (primary N) is 1. The van der Waals surface area contributed by atoms with Crippen molar-refractivity contribution in [2.75, 3.05) is 19.6 Å². The molecule has 2 bridgehead atoms. The van der Waals surface area contributed by atoms with Gasteiger partial charge in [-0.3, -0.25) is 14.5 Å². The Balaban J connectivity index is 1.25. The van der Waals surface area contributed by atoms with E-state index in [1.54, 1.807) is 4.90 Å². The van der Waals surface area contributed by atoms with Crippen molar-refractivity contribution in [3.63, 3.8) is 0 Å². The number of likely N-dealkylation sites (tertiary alicyclic amines) is 3. The third kappa shape index (κ3) is 3.01. The fraction of sp³-hybridized carbons (Fsp3) is 0.609. The molecule has 7 heteroatoms. The van der Waals surface area contributed by atoms with Gasteiger partial charge in [0.15, 0.2) is 0 Å². The number of nitrogens with zero attached hydrogens (tertiary/aromatic N) is 4. The molecule has 2 amide bonds. The first-order valence-corrected chi connectivity index (χ1v) is 11.1. The van der Waals surface area contributed by atoms with Gasteiger partial charge in [0.2, 0.25) is 11.8 Å². The summed E-state index contributed by atoms with van der Waals surface area (Å²) in [5.41, 5.74) is 10.2. The predicted molar refractivity (Wildman–Crippen MR) is 111 cm³/mol. The van der Waals surface area contributed by atoms with Crippen molar-refractivity contribution in [3.05, 3.63) is 34.9 Å². The van der Waals surface area contributed by atoms with Crippen molar-refractivity contribution in [1.29, 1.82) is 5.26 Å². The molecule has 7 nitrogen and oxygen atoms in total. The average molecular weight is 408 g/mol. The van der Waals surface area contributed by atoms with Crippen molar-refractivity contribution in [3.8, 4) is 6.07 Å². The Hall–Kier alpha value is -2.43. The molecule has 5 atom stereocenters. The Bertz CT molecular complexity index is 925. The molecule has 30 heavy (non-hydrogen) atoms. The summed E-state index contributed by atoms with van der Waals surface area (Å²) < 4.78 is 0. The molecule has 3 saturated heterocycles. The monoisotopic (exact) mass is 407 g/mol. The van der Waals surface area contributed by atoms with Gasteiger partial charge in [0.1, 0.15) is 6.04 Å². The standard InChI is InChI=1S/C23H29N5O2/c1-14-4-6-18-15(9-14)5-7-20(18)28-17-10-21(23(28)30)26(12-17)13-19(25)22(29)27-8-2-3-16(27)11-24/h4,6,9,16-17,19-21H,2-3,5,7-8,10,12-13,25H2,1H3/t16-,17-,19-,20-,21-/m0/s1. The summed E-state index contributed by atoms with van der Waals surface area (Å²) in [6, 6.07) is 7.94. The topological polar surface area (TPSA) is 93.7 Å². The quantitative estimate of drug-likeness (QED) is 0.807. The number of hydrogen-bond acceptors (Lipinski definition) is 5. The molecule has 4 aliphatic rings. The molecule has 5 rings (SSSR count). The van der Waals surface area contributed by atoms with Gasteiger partial charge in [-0.1, -0.05) is 23.8 Å². The highest BCUT2D eigenvalue weighted by Crippen LogP contribution is 2.44. The summed E-state index contributed by atoms with van der Waals surface area (Å²) in [6.07, 6.45) is 4.42. The van der Waals surface area contributed by atoms with Crippen LogP contribution >= 0.6 is 0 Å². The van der Waals surface area contributed by atoms with Crippen molar-refractivity contribution >= 4 is 11.8 Å². The minimum absolute atomic E-state index is 0.161. The fourth-order valence-electron chi connectivity index (χ4n) is 6.02. The van der Waals surface area contributed by atoms with E-state index in [4.69, 9.17) is 5.73 Å². The molecule has 158 valence electrons. The smallest absolute Gasteiger partial charge is 0.241 e. The fourth-order valence-corrected chi connectivity index (χ4v) is 6.02. The summed E-state index contributed by atoms with van der Waals surface area (Å²) in [5.74, 6) is 0.0200. The number of hydrogen-bond donors (Lipinski definition) is 1. The zero-order valence-corrected chi connectivity index (χ0v) is 17.5. The van der Waals surface area contributed by atoms with E-state index in [2.05, 4.69) is 41.0 Å². The first-order chi connectivity index (χ1) is 14.5. The van der Waals surface area contributed by atoms with Crippen LogP contribution in [0.25, 0.3) is 0 Å². The van der Waals surface area contributed by atoms with Crippen LogP contribution in [0.3, 0.4) is 0 Å². The second-order valence-electron chi connectivity index (χ2n) is 9.29. The number of benzene rings is 1. The minimum atomic E-state index is -0.685. The SMILES string of the molecule is Cc1ccc2c(c1)CC[C@@H]2N1C(=O)[C@@H]2C[C@H]1CN2C[C@H](N)C(=O)N1CCC[C@H]1C#N. The summed E-state index contributed by atoms with van der Waals surface area (Å²) in [5, 5.41) is 9.24. The highest BCUT2D eigenvalue weighted by Gasteiger charge is 2.53. The summed E-state index contributed by atoms with van der Waals surface area (Å²) in [6.45, 7) is 3.87. The van der Waals surface area contributed by atoms with Crippen LogP contribution in [0, 0.1) is 18.3 Å². The highest BCUT2D eigenvalue weighted by molar-refractivity contribution is 5.87. The van der Waals surface area contributed by atoms with E-state index in [9.17, 15) is 14.9 Å². The van der Waals surface area contributed by atoms with Crippen LogP contribution in [0.1, 0.15) is 48.4 Å². The van der Waals surface area contributed by atoms with Crippen LogP contribution < -0.4 is 5.73 Å². The Morgan fingerprint density at radius 2 is 2.17 bits per heavy atom. The Morgan fingerprint density at radius 1 is 1.33 bits per heavy atom. The first kappa shape index (κ1) is 19.5. The van der Waals surface area contributed by atoms with Crippen molar-refractivity contribution in [2.24, 2.45) is 5.73 Å². The number of amides is 2. The van der Waals surface area contributed by atoms with E-state index in [-0.39, 0.29) is 36.0 Å². The number of carbonyl (C=O) groups excluding carboxylic acids is 2. The number of nitriles is 1. The van der Waals surface area contributed by atoms with Gasteiger partial charge >= 0.3 is 0 Å². The molecule has 0 radical (unpaired) electrons.